The van der Waals surface area contributed by atoms with Crippen LogP contribution in [0.1, 0.15) is 58.3 Å². The molecular weight excluding hydrogens is 256 g/mol. The molecule has 0 saturated carbocycles. The third kappa shape index (κ3) is 14.5. The van der Waals surface area contributed by atoms with Gasteiger partial charge in [-0.25, -0.2) is 0 Å². The van der Waals surface area contributed by atoms with E-state index in [1.807, 2.05) is 18.2 Å². The van der Waals surface area contributed by atoms with Crippen LogP contribution in [0.4, 0.5) is 0 Å². The molecule has 0 heterocycles. The maximum absolute atomic E-state index is 11.0. The maximum atomic E-state index is 11.0. The fourth-order valence-corrected chi connectivity index (χ4v) is 1.70. The smallest absolute Gasteiger partial charge is 0.309 e. The van der Waals surface area contributed by atoms with Crippen molar-refractivity contribution in [1.29, 1.82) is 0 Å². The van der Waals surface area contributed by atoms with E-state index in [-0.39, 0.29) is 12.4 Å². The lowest BCUT2D eigenvalue weighted by atomic mass is 10.1. The van der Waals surface area contributed by atoms with Crippen molar-refractivity contribution in [3.8, 4) is 0 Å². The van der Waals surface area contributed by atoms with Gasteiger partial charge in [-0.1, -0.05) is 37.1 Å². The van der Waals surface area contributed by atoms with E-state index in [1.54, 1.807) is 13.0 Å². The van der Waals surface area contributed by atoms with Crippen molar-refractivity contribution in [3.05, 3.63) is 24.3 Å². The molecule has 0 rings (SSSR count). The second-order valence-electron chi connectivity index (χ2n) is 4.54. The zero-order chi connectivity index (χ0) is 15.1. The molecule has 0 radical (unpaired) electrons. The molecule has 0 atom stereocenters. The van der Waals surface area contributed by atoms with Crippen LogP contribution in [-0.4, -0.2) is 23.7 Å². The Bertz CT molecular complexity index is 318. The number of hydrogen-bond acceptors (Lipinski definition) is 3. The Labute approximate surface area is 121 Å². The monoisotopic (exact) mass is 282 g/mol. The lowest BCUT2D eigenvalue weighted by Gasteiger charge is -1.98. The van der Waals surface area contributed by atoms with Crippen molar-refractivity contribution < 1.29 is 19.4 Å². The Kier molecular flexibility index (Phi) is 12.7. The Morgan fingerprint density at radius 3 is 1.95 bits per heavy atom. The van der Waals surface area contributed by atoms with Crippen LogP contribution < -0.4 is 0 Å². The highest BCUT2D eigenvalue weighted by atomic mass is 16.5. The van der Waals surface area contributed by atoms with Crippen LogP contribution in [0.3, 0.4) is 0 Å². The molecule has 0 aliphatic carbocycles. The number of carboxylic acids is 1. The first-order valence-corrected chi connectivity index (χ1v) is 7.34. The molecule has 4 heteroatoms. The van der Waals surface area contributed by atoms with Gasteiger partial charge < -0.3 is 9.84 Å². The van der Waals surface area contributed by atoms with E-state index in [9.17, 15) is 9.59 Å². The van der Waals surface area contributed by atoms with Gasteiger partial charge in [0.05, 0.1) is 19.4 Å². The van der Waals surface area contributed by atoms with Crippen LogP contribution in [0.2, 0.25) is 0 Å². The van der Waals surface area contributed by atoms with Crippen LogP contribution in [0.15, 0.2) is 24.3 Å². The van der Waals surface area contributed by atoms with Crippen LogP contribution >= 0.6 is 0 Å². The molecule has 114 valence electrons. The topological polar surface area (TPSA) is 63.6 Å². The lowest BCUT2D eigenvalue weighted by molar-refractivity contribution is -0.142. The second kappa shape index (κ2) is 13.8. The molecule has 20 heavy (non-hydrogen) atoms. The minimum Gasteiger partial charge on any atom is -0.481 e. The minimum absolute atomic E-state index is 0.116. The fourth-order valence-electron chi connectivity index (χ4n) is 1.70. The van der Waals surface area contributed by atoms with Gasteiger partial charge in [0.1, 0.15) is 0 Å². The van der Waals surface area contributed by atoms with Crippen molar-refractivity contribution in [2.75, 3.05) is 6.61 Å². The predicted molar refractivity (Wildman–Crippen MR) is 79.5 cm³/mol. The zero-order valence-corrected chi connectivity index (χ0v) is 12.3. The summed E-state index contributed by atoms with van der Waals surface area (Å²) in [7, 11) is 0. The normalized spacial score (nSPS) is 11.2. The SMILES string of the molecule is CCOC(=O)CC=CCCCCCCC=CCC(=O)O. The summed E-state index contributed by atoms with van der Waals surface area (Å²) in [6, 6.07) is 0. The summed E-state index contributed by atoms with van der Waals surface area (Å²) in [5.41, 5.74) is 0. The molecular formula is C16H26O4. The number of carbonyl (C=O) groups excluding carboxylic acids is 1. The number of aliphatic carboxylic acids is 1. The number of ether oxygens (including phenoxy) is 1. The van der Waals surface area contributed by atoms with Gasteiger partial charge in [0.25, 0.3) is 0 Å². The van der Waals surface area contributed by atoms with E-state index in [1.165, 1.54) is 0 Å². The first-order valence-electron chi connectivity index (χ1n) is 7.34. The highest BCUT2D eigenvalue weighted by Crippen LogP contribution is 2.07. The maximum Gasteiger partial charge on any atom is 0.309 e. The van der Waals surface area contributed by atoms with E-state index < -0.39 is 5.97 Å². The van der Waals surface area contributed by atoms with Gasteiger partial charge >= 0.3 is 11.9 Å². The van der Waals surface area contributed by atoms with Gasteiger partial charge in [-0.05, 0) is 32.6 Å². The number of hydrogen-bond donors (Lipinski definition) is 1. The fraction of sp³-hybridized carbons (Fsp3) is 0.625. The number of allylic oxidation sites excluding steroid dienone is 2. The van der Waals surface area contributed by atoms with E-state index >= 15 is 0 Å². The highest BCUT2D eigenvalue weighted by Gasteiger charge is 1.95. The number of rotatable bonds is 12. The molecule has 0 bridgehead atoms. The molecule has 0 aromatic rings. The molecule has 0 fully saturated rings. The molecule has 0 unspecified atom stereocenters. The Balaban J connectivity index is 3.28. The van der Waals surface area contributed by atoms with Crippen molar-refractivity contribution in [2.24, 2.45) is 0 Å². The zero-order valence-electron chi connectivity index (χ0n) is 12.3. The third-order valence-corrected chi connectivity index (χ3v) is 2.71. The first-order chi connectivity index (χ1) is 9.66. The van der Waals surface area contributed by atoms with Gasteiger partial charge in [0.15, 0.2) is 0 Å². The number of unbranched alkanes of at least 4 members (excludes halogenated alkanes) is 5. The summed E-state index contributed by atoms with van der Waals surface area (Å²) in [5, 5.41) is 8.43. The summed E-state index contributed by atoms with van der Waals surface area (Å²) in [4.78, 5) is 21.3. The van der Waals surface area contributed by atoms with E-state index in [2.05, 4.69) is 0 Å². The van der Waals surface area contributed by atoms with Gasteiger partial charge in [0, 0.05) is 0 Å². The molecule has 0 aromatic heterocycles. The Morgan fingerprint density at radius 1 is 0.900 bits per heavy atom. The number of carbonyl (C=O) groups is 2. The molecule has 0 aliphatic rings. The van der Waals surface area contributed by atoms with Crippen LogP contribution in [0.25, 0.3) is 0 Å². The van der Waals surface area contributed by atoms with Crippen molar-refractivity contribution in [3.63, 3.8) is 0 Å². The Hall–Kier alpha value is -1.58. The average Bonchev–Trinajstić information content (AvgIpc) is 2.40. The molecule has 0 saturated heterocycles. The Morgan fingerprint density at radius 2 is 1.45 bits per heavy atom. The molecule has 4 nitrogen and oxygen atoms in total. The number of carboxylic acid groups (broad SMARTS) is 1. The largest absolute Gasteiger partial charge is 0.481 e. The van der Waals surface area contributed by atoms with E-state index in [0.717, 1.165) is 38.5 Å². The lowest BCUT2D eigenvalue weighted by Crippen LogP contribution is -2.01. The summed E-state index contributed by atoms with van der Waals surface area (Å²) in [6.45, 7) is 2.24. The van der Waals surface area contributed by atoms with Crippen molar-refractivity contribution in [2.45, 2.75) is 58.3 Å². The van der Waals surface area contributed by atoms with E-state index in [4.69, 9.17) is 9.84 Å². The first kappa shape index (κ1) is 18.4. The second-order valence-corrected chi connectivity index (χ2v) is 4.54. The highest BCUT2D eigenvalue weighted by molar-refractivity contribution is 5.71. The third-order valence-electron chi connectivity index (χ3n) is 2.71. The molecule has 0 amide bonds. The van der Waals surface area contributed by atoms with Crippen LogP contribution in [-0.2, 0) is 14.3 Å². The van der Waals surface area contributed by atoms with Gasteiger partial charge in [-0.3, -0.25) is 9.59 Å². The van der Waals surface area contributed by atoms with Gasteiger partial charge in [0.2, 0.25) is 0 Å². The quantitative estimate of drug-likeness (QED) is 0.335. The van der Waals surface area contributed by atoms with Gasteiger partial charge in [-0.2, -0.15) is 0 Å². The average molecular weight is 282 g/mol. The molecule has 1 N–H and O–H groups in total. The van der Waals surface area contributed by atoms with Crippen LogP contribution in [0.5, 0.6) is 0 Å². The number of esters is 1. The molecule has 0 spiro atoms. The molecule has 0 aliphatic heterocycles. The summed E-state index contributed by atoms with van der Waals surface area (Å²) in [5.74, 6) is -0.951. The minimum atomic E-state index is -0.782. The summed E-state index contributed by atoms with van der Waals surface area (Å²) < 4.78 is 4.82. The van der Waals surface area contributed by atoms with Crippen molar-refractivity contribution >= 4 is 11.9 Å². The predicted octanol–water partition coefficient (Wildman–Crippen LogP) is 3.87. The standard InChI is InChI=1S/C16H26O4/c1-2-20-16(19)14-12-10-8-6-4-3-5-7-9-11-13-15(17)18/h9-12H,2-8,13-14H2,1H3,(H,17,18). The summed E-state index contributed by atoms with van der Waals surface area (Å²) >= 11 is 0. The van der Waals surface area contributed by atoms with Crippen LogP contribution in [0, 0.1) is 0 Å². The van der Waals surface area contributed by atoms with E-state index in [0.29, 0.717) is 13.0 Å². The molecule has 0 aromatic carbocycles. The van der Waals surface area contributed by atoms with Gasteiger partial charge in [-0.15, -0.1) is 0 Å². The van der Waals surface area contributed by atoms with Crippen molar-refractivity contribution in [1.82, 2.24) is 0 Å². The summed E-state index contributed by atoms with van der Waals surface area (Å²) in [6.07, 6.45) is 14.5.